The van der Waals surface area contributed by atoms with E-state index in [1.807, 2.05) is 60.1 Å². The van der Waals surface area contributed by atoms with E-state index in [1.54, 1.807) is 13.2 Å². The lowest BCUT2D eigenvalue weighted by molar-refractivity contribution is 0.102. The number of para-hydroxylation sites is 1. The fourth-order valence-electron chi connectivity index (χ4n) is 3.26. The zero-order valence-electron chi connectivity index (χ0n) is 15.5. The van der Waals surface area contributed by atoms with Crippen LogP contribution in [-0.4, -0.2) is 28.0 Å². The van der Waals surface area contributed by atoms with Gasteiger partial charge in [-0.25, -0.2) is 9.97 Å². The SMILES string of the molecule is COc1ccc2nc(C(=O)Nc3nc(-c4c[nH]c5ccccc45)cs3)ccc2c1. The molecule has 5 aromatic rings. The molecule has 0 fully saturated rings. The highest BCUT2D eigenvalue weighted by Crippen LogP contribution is 2.31. The summed E-state index contributed by atoms with van der Waals surface area (Å²) in [6.45, 7) is 0. The minimum atomic E-state index is -0.289. The number of hydrogen-bond donors (Lipinski definition) is 2. The Morgan fingerprint density at radius 1 is 1.10 bits per heavy atom. The van der Waals surface area contributed by atoms with Gasteiger partial charge in [-0.15, -0.1) is 11.3 Å². The summed E-state index contributed by atoms with van der Waals surface area (Å²) in [7, 11) is 1.62. The van der Waals surface area contributed by atoms with Gasteiger partial charge in [0.2, 0.25) is 0 Å². The molecule has 2 aromatic carbocycles. The van der Waals surface area contributed by atoms with Crippen LogP contribution in [0.5, 0.6) is 5.75 Å². The standard InChI is InChI=1S/C22H16N4O2S/c1-28-14-7-9-17-13(10-14)6-8-19(24-17)21(27)26-22-25-20(12-29-22)16-11-23-18-5-3-2-4-15(16)18/h2-12,23H,1H3,(H,25,26,27). The molecule has 3 heterocycles. The van der Waals surface area contributed by atoms with Gasteiger partial charge in [0.05, 0.1) is 18.3 Å². The Labute approximate surface area is 170 Å². The number of aromatic nitrogens is 3. The quantitative estimate of drug-likeness (QED) is 0.440. The number of rotatable bonds is 4. The fourth-order valence-corrected chi connectivity index (χ4v) is 3.96. The van der Waals surface area contributed by atoms with E-state index in [-0.39, 0.29) is 5.91 Å². The number of fused-ring (bicyclic) bond motifs is 2. The number of pyridine rings is 1. The summed E-state index contributed by atoms with van der Waals surface area (Å²) in [4.78, 5) is 24.9. The Morgan fingerprint density at radius 3 is 2.90 bits per heavy atom. The van der Waals surface area contributed by atoms with Crippen LogP contribution in [0.3, 0.4) is 0 Å². The maximum atomic E-state index is 12.7. The van der Waals surface area contributed by atoms with E-state index >= 15 is 0 Å². The molecule has 5 rings (SSSR count). The third kappa shape index (κ3) is 3.21. The number of carbonyl (C=O) groups excluding carboxylic acids is 1. The highest BCUT2D eigenvalue weighted by Gasteiger charge is 2.14. The molecular weight excluding hydrogens is 384 g/mol. The molecule has 0 aliphatic carbocycles. The van der Waals surface area contributed by atoms with Gasteiger partial charge in [0, 0.05) is 33.4 Å². The predicted molar refractivity (Wildman–Crippen MR) is 116 cm³/mol. The van der Waals surface area contributed by atoms with Gasteiger partial charge in [-0.2, -0.15) is 0 Å². The first kappa shape index (κ1) is 17.4. The number of aromatic amines is 1. The normalized spacial score (nSPS) is 11.1. The molecule has 2 N–H and O–H groups in total. The van der Waals surface area contributed by atoms with Gasteiger partial charge in [-0.05, 0) is 30.3 Å². The van der Waals surface area contributed by atoms with Crippen molar-refractivity contribution in [1.82, 2.24) is 15.0 Å². The lowest BCUT2D eigenvalue weighted by Gasteiger charge is -2.05. The molecule has 0 unspecified atom stereocenters. The van der Waals surface area contributed by atoms with E-state index in [1.165, 1.54) is 11.3 Å². The van der Waals surface area contributed by atoms with Crippen molar-refractivity contribution in [2.45, 2.75) is 0 Å². The largest absolute Gasteiger partial charge is 0.497 e. The second-order valence-corrected chi connectivity index (χ2v) is 7.35. The van der Waals surface area contributed by atoms with Gasteiger partial charge in [0.1, 0.15) is 11.4 Å². The first-order valence-corrected chi connectivity index (χ1v) is 9.87. The number of hydrogen-bond acceptors (Lipinski definition) is 5. The second-order valence-electron chi connectivity index (χ2n) is 6.50. The number of methoxy groups -OCH3 is 1. The lowest BCUT2D eigenvalue weighted by atomic mass is 10.1. The molecule has 1 amide bonds. The van der Waals surface area contributed by atoms with Gasteiger partial charge in [0.25, 0.3) is 5.91 Å². The molecule has 6 nitrogen and oxygen atoms in total. The maximum absolute atomic E-state index is 12.7. The number of benzene rings is 2. The van der Waals surface area contributed by atoms with Crippen molar-refractivity contribution in [3.05, 3.63) is 71.9 Å². The highest BCUT2D eigenvalue weighted by molar-refractivity contribution is 7.14. The first-order chi connectivity index (χ1) is 14.2. The van der Waals surface area contributed by atoms with Gasteiger partial charge in [-0.3, -0.25) is 10.1 Å². The molecule has 0 spiro atoms. The second kappa shape index (κ2) is 7.03. The van der Waals surface area contributed by atoms with Crippen LogP contribution in [-0.2, 0) is 0 Å². The fraction of sp³-hybridized carbons (Fsp3) is 0.0455. The number of H-pyrrole nitrogens is 1. The number of carbonyl (C=O) groups is 1. The van der Waals surface area contributed by atoms with Crippen molar-refractivity contribution >= 4 is 44.2 Å². The third-order valence-electron chi connectivity index (χ3n) is 4.72. The maximum Gasteiger partial charge on any atom is 0.276 e. The van der Waals surface area contributed by atoms with Crippen molar-refractivity contribution in [3.63, 3.8) is 0 Å². The third-order valence-corrected chi connectivity index (χ3v) is 5.48. The molecule has 0 saturated heterocycles. The molecular formula is C22H16N4O2S. The zero-order valence-corrected chi connectivity index (χ0v) is 16.3. The van der Waals surface area contributed by atoms with Gasteiger partial charge in [0.15, 0.2) is 5.13 Å². The summed E-state index contributed by atoms with van der Waals surface area (Å²) < 4.78 is 5.22. The molecule has 3 aromatic heterocycles. The molecule has 0 aliphatic rings. The van der Waals surface area contributed by atoms with E-state index in [0.29, 0.717) is 10.8 Å². The first-order valence-electron chi connectivity index (χ1n) is 8.99. The van der Waals surface area contributed by atoms with Crippen LogP contribution in [0.15, 0.2) is 66.2 Å². The van der Waals surface area contributed by atoms with Crippen LogP contribution in [0.1, 0.15) is 10.5 Å². The molecule has 0 bridgehead atoms. The van der Waals surface area contributed by atoms with Crippen LogP contribution in [0.25, 0.3) is 33.1 Å². The summed E-state index contributed by atoms with van der Waals surface area (Å²) >= 11 is 1.39. The molecule has 29 heavy (non-hydrogen) atoms. The molecule has 0 radical (unpaired) electrons. The van der Waals surface area contributed by atoms with Gasteiger partial charge in [-0.1, -0.05) is 24.3 Å². The summed E-state index contributed by atoms with van der Waals surface area (Å²) in [5.41, 5.74) is 3.96. The molecule has 0 aliphatic heterocycles. The van der Waals surface area contributed by atoms with Crippen molar-refractivity contribution < 1.29 is 9.53 Å². The predicted octanol–water partition coefficient (Wildman–Crippen LogP) is 5.10. The number of nitrogens with one attached hydrogen (secondary N) is 2. The van der Waals surface area contributed by atoms with Crippen LogP contribution >= 0.6 is 11.3 Å². The summed E-state index contributed by atoms with van der Waals surface area (Å²) in [5, 5.41) is 7.33. The topological polar surface area (TPSA) is 79.9 Å². The summed E-state index contributed by atoms with van der Waals surface area (Å²) in [6.07, 6.45) is 1.94. The summed E-state index contributed by atoms with van der Waals surface area (Å²) in [5.74, 6) is 0.464. The van der Waals surface area contributed by atoms with Crippen LogP contribution in [0.2, 0.25) is 0 Å². The average molecular weight is 400 g/mol. The van der Waals surface area contributed by atoms with E-state index in [0.717, 1.165) is 38.8 Å². The van der Waals surface area contributed by atoms with E-state index in [9.17, 15) is 4.79 Å². The number of nitrogens with zero attached hydrogens (tertiary/aromatic N) is 2. The Kier molecular flexibility index (Phi) is 4.22. The number of anilines is 1. The molecule has 142 valence electrons. The number of thiazole rings is 1. The van der Waals surface area contributed by atoms with Crippen molar-refractivity contribution in [2.75, 3.05) is 12.4 Å². The molecule has 7 heteroatoms. The zero-order chi connectivity index (χ0) is 19.8. The van der Waals surface area contributed by atoms with Gasteiger partial charge >= 0.3 is 0 Å². The Morgan fingerprint density at radius 2 is 2.00 bits per heavy atom. The van der Waals surface area contributed by atoms with E-state index < -0.39 is 0 Å². The lowest BCUT2D eigenvalue weighted by Crippen LogP contribution is -2.13. The summed E-state index contributed by atoms with van der Waals surface area (Å²) in [6, 6.07) is 17.2. The number of ether oxygens (including phenoxy) is 1. The van der Waals surface area contributed by atoms with E-state index in [4.69, 9.17) is 4.74 Å². The highest BCUT2D eigenvalue weighted by atomic mass is 32.1. The Hall–Kier alpha value is -3.71. The van der Waals surface area contributed by atoms with E-state index in [2.05, 4.69) is 20.3 Å². The number of amides is 1. The van der Waals surface area contributed by atoms with Crippen LogP contribution in [0.4, 0.5) is 5.13 Å². The Balaban J connectivity index is 1.39. The van der Waals surface area contributed by atoms with Crippen molar-refractivity contribution in [2.24, 2.45) is 0 Å². The van der Waals surface area contributed by atoms with Gasteiger partial charge < -0.3 is 9.72 Å². The smallest absolute Gasteiger partial charge is 0.276 e. The van der Waals surface area contributed by atoms with Crippen LogP contribution < -0.4 is 10.1 Å². The average Bonchev–Trinajstić information content (AvgIpc) is 3.39. The minimum Gasteiger partial charge on any atom is -0.497 e. The molecule has 0 atom stereocenters. The molecule has 0 saturated carbocycles. The minimum absolute atomic E-state index is 0.289. The van der Waals surface area contributed by atoms with Crippen molar-refractivity contribution in [1.29, 1.82) is 0 Å². The van der Waals surface area contributed by atoms with Crippen LogP contribution in [0, 0.1) is 0 Å². The monoisotopic (exact) mass is 400 g/mol. The van der Waals surface area contributed by atoms with Crippen molar-refractivity contribution in [3.8, 4) is 17.0 Å². The Bertz CT molecular complexity index is 1360.